The molecule has 0 fully saturated rings. The normalized spacial score (nSPS) is 10.7. The van der Waals surface area contributed by atoms with Gasteiger partial charge in [0.2, 0.25) is 0 Å². The molecule has 1 rings (SSSR count). The van der Waals surface area contributed by atoms with Crippen LogP contribution < -0.4 is 0 Å². The first kappa shape index (κ1) is 9.27. The highest BCUT2D eigenvalue weighted by Crippen LogP contribution is 2.11. The molecule has 1 aromatic rings. The van der Waals surface area contributed by atoms with Crippen molar-refractivity contribution < 1.29 is 0 Å². The molecule has 0 aliphatic carbocycles. The molecule has 0 saturated carbocycles. The maximum Gasteiger partial charge on any atom is 0.0950 e. The first-order valence-corrected chi connectivity index (χ1v) is 3.09. The molecule has 0 N–H and O–H groups in total. The summed E-state index contributed by atoms with van der Waals surface area (Å²) in [6.07, 6.45) is 5.60. The van der Waals surface area contributed by atoms with Crippen LogP contribution in [0.2, 0.25) is 0 Å². The first-order chi connectivity index (χ1) is 4.11. The van der Waals surface area contributed by atoms with Crippen LogP contribution in [0.1, 0.15) is 20.8 Å². The average molecular weight is 135 g/mol. The van der Waals surface area contributed by atoms with Crippen molar-refractivity contribution in [1.82, 2.24) is 9.55 Å². The number of aromatic nitrogens is 2. The molecule has 3 heteroatoms. The van der Waals surface area contributed by atoms with Crippen LogP contribution in [0, 0.1) is 0 Å². The minimum atomic E-state index is 0. The third-order valence-electron chi connectivity index (χ3n) is 1.28. The molecule has 0 aliphatic rings. The van der Waals surface area contributed by atoms with Crippen molar-refractivity contribution in [1.29, 1.82) is 0 Å². The van der Waals surface area contributed by atoms with E-state index >= 15 is 0 Å². The van der Waals surface area contributed by atoms with E-state index in [0.29, 0.717) is 0 Å². The van der Waals surface area contributed by atoms with Gasteiger partial charge in [-0.1, -0.05) is 0 Å². The molecule has 0 spiro atoms. The van der Waals surface area contributed by atoms with Crippen LogP contribution in [0.5, 0.6) is 0 Å². The van der Waals surface area contributed by atoms with E-state index in [4.69, 9.17) is 0 Å². The zero-order valence-corrected chi connectivity index (χ0v) is 6.70. The molecule has 1 aromatic heterocycles. The summed E-state index contributed by atoms with van der Waals surface area (Å²) in [5.41, 5.74) is 0.177. The monoisotopic (exact) mass is 135 g/mol. The van der Waals surface area contributed by atoms with Gasteiger partial charge in [-0.25, -0.2) is 4.98 Å². The summed E-state index contributed by atoms with van der Waals surface area (Å²) in [7, 11) is 0. The van der Waals surface area contributed by atoms with Crippen molar-refractivity contribution in [3.63, 3.8) is 0 Å². The second kappa shape index (κ2) is 2.91. The third kappa shape index (κ3) is 1.90. The van der Waals surface area contributed by atoms with Gasteiger partial charge < -0.3 is 4.57 Å². The predicted molar refractivity (Wildman–Crippen MR) is 43.0 cm³/mol. The van der Waals surface area contributed by atoms with Crippen LogP contribution in [0.4, 0.5) is 0 Å². The Hall–Kier alpha value is -0.725. The van der Waals surface area contributed by atoms with Crippen LogP contribution in [-0.2, 0) is 5.54 Å². The van der Waals surface area contributed by atoms with E-state index < -0.39 is 0 Å². The lowest BCUT2D eigenvalue weighted by atomic mass is 10.1. The van der Waals surface area contributed by atoms with E-state index in [-0.39, 0.29) is 14.0 Å². The van der Waals surface area contributed by atoms with Gasteiger partial charge in [-0.05, 0) is 20.8 Å². The minimum absolute atomic E-state index is 0. The summed E-state index contributed by atoms with van der Waals surface area (Å²) in [4.78, 5) is 3.95. The van der Waals surface area contributed by atoms with Crippen molar-refractivity contribution >= 4 is 8.41 Å². The molecule has 0 amide bonds. The maximum absolute atomic E-state index is 3.95. The Morgan fingerprint density at radius 3 is 2.10 bits per heavy atom. The fourth-order valence-electron chi connectivity index (χ4n) is 0.656. The Morgan fingerprint density at radius 2 is 1.90 bits per heavy atom. The summed E-state index contributed by atoms with van der Waals surface area (Å²) in [5.74, 6) is 0. The van der Waals surface area contributed by atoms with Gasteiger partial charge in [-0.15, -0.1) is 0 Å². The Kier molecular flexibility index (Phi) is 2.70. The molecule has 0 bridgehead atoms. The highest BCUT2D eigenvalue weighted by molar-refractivity contribution is 5.75. The van der Waals surface area contributed by atoms with Crippen molar-refractivity contribution in [3.8, 4) is 0 Å². The number of hydrogen-bond acceptors (Lipinski definition) is 1. The summed E-state index contributed by atoms with van der Waals surface area (Å²) in [6.45, 7) is 6.44. The number of nitrogens with zero attached hydrogens (tertiary/aromatic N) is 2. The lowest BCUT2D eigenvalue weighted by Crippen LogP contribution is -2.19. The lowest BCUT2D eigenvalue weighted by Gasteiger charge is -2.19. The molecule has 1 heterocycles. The van der Waals surface area contributed by atoms with Crippen molar-refractivity contribution in [2.75, 3.05) is 0 Å². The molecule has 0 atom stereocenters. The zero-order valence-electron chi connectivity index (χ0n) is 6.70. The Morgan fingerprint density at radius 1 is 1.30 bits per heavy atom. The minimum Gasteiger partial charge on any atom is -0.332 e. The van der Waals surface area contributed by atoms with E-state index in [0.717, 1.165) is 0 Å². The van der Waals surface area contributed by atoms with Gasteiger partial charge in [0.1, 0.15) is 0 Å². The fourth-order valence-corrected chi connectivity index (χ4v) is 0.656. The highest BCUT2D eigenvalue weighted by atomic mass is 15.1. The third-order valence-corrected chi connectivity index (χ3v) is 1.28. The molecule has 0 unspecified atom stereocenters. The van der Waals surface area contributed by atoms with E-state index in [1.807, 2.05) is 12.5 Å². The topological polar surface area (TPSA) is 17.8 Å². The largest absolute Gasteiger partial charge is 0.332 e. The predicted octanol–water partition coefficient (Wildman–Crippen LogP) is 1.26. The molecule has 10 heavy (non-hydrogen) atoms. The molecule has 0 aliphatic heterocycles. The van der Waals surface area contributed by atoms with Crippen molar-refractivity contribution in [3.05, 3.63) is 18.7 Å². The van der Waals surface area contributed by atoms with Crippen LogP contribution in [0.15, 0.2) is 18.7 Å². The smallest absolute Gasteiger partial charge is 0.0950 e. The zero-order chi connectivity index (χ0) is 6.91. The second-order valence-corrected chi connectivity index (χ2v) is 3.14. The Labute approximate surface area is 63.9 Å². The van der Waals surface area contributed by atoms with E-state index in [1.165, 1.54) is 0 Å². The van der Waals surface area contributed by atoms with Crippen LogP contribution >= 0.6 is 0 Å². The van der Waals surface area contributed by atoms with Gasteiger partial charge in [0.15, 0.2) is 0 Å². The van der Waals surface area contributed by atoms with Crippen LogP contribution in [0.25, 0.3) is 0 Å². The highest BCUT2D eigenvalue weighted by Gasteiger charge is 2.09. The van der Waals surface area contributed by atoms with Gasteiger partial charge in [0.05, 0.1) is 6.33 Å². The standard InChI is InChI=1S/C7H12N2.B/c1-7(2,3)9-5-4-8-6-9;/h4-6H,1-3H3;. The number of imidazole rings is 1. The number of hydrogen-bond donors (Lipinski definition) is 0. The summed E-state index contributed by atoms with van der Waals surface area (Å²) in [6, 6.07) is 0. The van der Waals surface area contributed by atoms with E-state index in [9.17, 15) is 0 Å². The molecule has 3 radical (unpaired) electrons. The van der Waals surface area contributed by atoms with Gasteiger partial charge in [-0.2, -0.15) is 0 Å². The molecule has 0 aromatic carbocycles. The average Bonchev–Trinajstić information content (AvgIpc) is 2.08. The quantitative estimate of drug-likeness (QED) is 0.489. The van der Waals surface area contributed by atoms with E-state index in [1.54, 1.807) is 6.20 Å². The van der Waals surface area contributed by atoms with Gasteiger partial charge in [0.25, 0.3) is 0 Å². The summed E-state index contributed by atoms with van der Waals surface area (Å²) >= 11 is 0. The van der Waals surface area contributed by atoms with Crippen LogP contribution in [-0.4, -0.2) is 18.0 Å². The molecular formula is C7H12BN2. The molecular weight excluding hydrogens is 123 g/mol. The SMILES string of the molecule is CC(C)(C)n1ccnc1.[B]. The summed E-state index contributed by atoms with van der Waals surface area (Å²) < 4.78 is 2.08. The fraction of sp³-hybridized carbons (Fsp3) is 0.571. The lowest BCUT2D eigenvalue weighted by molar-refractivity contribution is 0.396. The molecule has 53 valence electrons. The van der Waals surface area contributed by atoms with Crippen molar-refractivity contribution in [2.24, 2.45) is 0 Å². The van der Waals surface area contributed by atoms with Gasteiger partial charge >= 0.3 is 0 Å². The summed E-state index contributed by atoms with van der Waals surface area (Å²) in [5, 5.41) is 0. The van der Waals surface area contributed by atoms with Gasteiger partial charge in [0, 0.05) is 26.3 Å². The second-order valence-electron chi connectivity index (χ2n) is 3.14. The van der Waals surface area contributed by atoms with E-state index in [2.05, 4.69) is 30.3 Å². The molecule has 2 nitrogen and oxygen atoms in total. The number of rotatable bonds is 0. The van der Waals surface area contributed by atoms with Crippen molar-refractivity contribution in [2.45, 2.75) is 26.3 Å². The Balaban J connectivity index is 0.000000810. The maximum atomic E-state index is 3.95. The first-order valence-electron chi connectivity index (χ1n) is 3.09. The molecule has 0 saturated heterocycles. The van der Waals surface area contributed by atoms with Gasteiger partial charge in [-0.3, -0.25) is 0 Å². The van der Waals surface area contributed by atoms with Crippen LogP contribution in [0.3, 0.4) is 0 Å². The Bertz CT molecular complexity index is 174.